The van der Waals surface area contributed by atoms with Gasteiger partial charge < -0.3 is 15.2 Å². The van der Waals surface area contributed by atoms with Crippen LogP contribution in [0.4, 0.5) is 0 Å². The number of amides is 1. The second kappa shape index (κ2) is 33.5. The smallest absolute Gasteiger partial charge is 0.303 e. The van der Waals surface area contributed by atoms with Crippen LogP contribution in [-0.2, 0) is 14.3 Å². The molecule has 5 nitrogen and oxygen atoms in total. The molecule has 2 atom stereocenters. The molecule has 0 aromatic carbocycles. The Hall–Kier alpha value is -1.36. The predicted molar refractivity (Wildman–Crippen MR) is 184 cm³/mol. The largest absolute Gasteiger partial charge is 0.456 e. The standard InChI is InChI=1S/C38H73NO4/c1-4-6-8-10-12-14-16-18-19-21-23-25-27-29-31-33-38(42)39-36(34-40)37(43-35(3)41)32-30-28-26-24-22-20-17-15-13-11-9-7-5-2/h30,32,36-37,40H,4-29,31,33-34H2,1-3H3,(H,39,42)/b32-30+/t36-,37+/m0/s1. The van der Waals surface area contributed by atoms with E-state index in [9.17, 15) is 14.7 Å². The van der Waals surface area contributed by atoms with Gasteiger partial charge in [-0.2, -0.15) is 0 Å². The quantitative estimate of drug-likeness (QED) is 0.0442. The molecular weight excluding hydrogens is 534 g/mol. The number of allylic oxidation sites excluding steroid dienone is 1. The van der Waals surface area contributed by atoms with Crippen LogP contribution in [0.1, 0.15) is 201 Å². The number of rotatable bonds is 33. The summed E-state index contributed by atoms with van der Waals surface area (Å²) < 4.78 is 5.44. The first kappa shape index (κ1) is 41.6. The van der Waals surface area contributed by atoms with Gasteiger partial charge in [-0.3, -0.25) is 9.59 Å². The highest BCUT2D eigenvalue weighted by Crippen LogP contribution is 2.15. The molecule has 1 amide bonds. The Morgan fingerprint density at radius 3 is 1.35 bits per heavy atom. The topological polar surface area (TPSA) is 75.6 Å². The third-order valence-corrected chi connectivity index (χ3v) is 8.55. The Morgan fingerprint density at radius 1 is 0.605 bits per heavy atom. The van der Waals surface area contributed by atoms with Crippen LogP contribution in [0.3, 0.4) is 0 Å². The van der Waals surface area contributed by atoms with Gasteiger partial charge in [-0.25, -0.2) is 0 Å². The van der Waals surface area contributed by atoms with Crippen LogP contribution in [0.25, 0.3) is 0 Å². The van der Waals surface area contributed by atoms with Gasteiger partial charge in [0.05, 0.1) is 12.6 Å². The molecule has 43 heavy (non-hydrogen) atoms. The van der Waals surface area contributed by atoms with Gasteiger partial charge in [-0.1, -0.05) is 174 Å². The van der Waals surface area contributed by atoms with E-state index in [2.05, 4.69) is 19.2 Å². The Labute approximate surface area is 267 Å². The first-order valence-corrected chi connectivity index (χ1v) is 18.8. The highest BCUT2D eigenvalue weighted by atomic mass is 16.5. The van der Waals surface area contributed by atoms with Gasteiger partial charge >= 0.3 is 5.97 Å². The summed E-state index contributed by atoms with van der Waals surface area (Å²) in [6, 6.07) is -0.610. The average molecular weight is 608 g/mol. The molecule has 2 N–H and O–H groups in total. The zero-order valence-corrected chi connectivity index (χ0v) is 29.0. The Balaban J connectivity index is 3.95. The lowest BCUT2D eigenvalue weighted by atomic mass is 10.0. The third-order valence-electron chi connectivity index (χ3n) is 8.55. The average Bonchev–Trinajstić information content (AvgIpc) is 2.99. The maximum atomic E-state index is 12.5. The molecule has 0 rings (SSSR count). The zero-order chi connectivity index (χ0) is 31.6. The van der Waals surface area contributed by atoms with Crippen LogP contribution >= 0.6 is 0 Å². The predicted octanol–water partition coefficient (Wildman–Crippen LogP) is 10.9. The lowest BCUT2D eigenvalue weighted by Crippen LogP contribution is -2.46. The molecule has 0 spiro atoms. The van der Waals surface area contributed by atoms with Crippen LogP contribution in [0.2, 0.25) is 0 Å². The van der Waals surface area contributed by atoms with Gasteiger partial charge in [0.2, 0.25) is 5.91 Å². The van der Waals surface area contributed by atoms with Crippen molar-refractivity contribution in [2.24, 2.45) is 0 Å². The number of hydrogen-bond acceptors (Lipinski definition) is 4. The van der Waals surface area contributed by atoms with Crippen molar-refractivity contribution < 1.29 is 19.4 Å². The molecule has 0 saturated carbocycles. The van der Waals surface area contributed by atoms with Gasteiger partial charge in [0.1, 0.15) is 6.10 Å². The van der Waals surface area contributed by atoms with E-state index in [1.807, 2.05) is 12.2 Å². The number of unbranched alkanes of at least 4 members (excludes halogenated alkanes) is 25. The maximum Gasteiger partial charge on any atom is 0.303 e. The van der Waals surface area contributed by atoms with Crippen LogP contribution < -0.4 is 5.32 Å². The number of esters is 1. The summed E-state index contributed by atoms with van der Waals surface area (Å²) in [6.45, 7) is 5.65. The molecule has 0 aliphatic carbocycles. The molecule has 0 aliphatic heterocycles. The monoisotopic (exact) mass is 608 g/mol. The molecule has 0 aliphatic rings. The van der Waals surface area contributed by atoms with Crippen molar-refractivity contribution in [1.82, 2.24) is 5.32 Å². The number of carbonyl (C=O) groups is 2. The SMILES string of the molecule is CCCCCCCCCCCCC/C=C/[C@@H](OC(C)=O)[C@H](CO)NC(=O)CCCCCCCCCCCCCCCCC. The first-order chi connectivity index (χ1) is 21.0. The molecule has 0 aromatic rings. The van der Waals surface area contributed by atoms with Crippen molar-refractivity contribution in [3.63, 3.8) is 0 Å². The van der Waals surface area contributed by atoms with Gasteiger partial charge in [0.15, 0.2) is 0 Å². The van der Waals surface area contributed by atoms with Crippen molar-refractivity contribution in [3.8, 4) is 0 Å². The van der Waals surface area contributed by atoms with E-state index in [1.165, 1.54) is 155 Å². The van der Waals surface area contributed by atoms with Crippen molar-refractivity contribution >= 4 is 11.9 Å². The normalized spacial score (nSPS) is 12.9. The second-order valence-electron chi connectivity index (χ2n) is 12.9. The summed E-state index contributed by atoms with van der Waals surface area (Å²) in [7, 11) is 0. The Kier molecular flexibility index (Phi) is 32.5. The molecule has 254 valence electrons. The lowest BCUT2D eigenvalue weighted by Gasteiger charge is -2.24. The summed E-state index contributed by atoms with van der Waals surface area (Å²) in [6.07, 6.45) is 38.5. The summed E-state index contributed by atoms with van der Waals surface area (Å²) in [5.74, 6) is -0.482. The minimum absolute atomic E-state index is 0.0790. The lowest BCUT2D eigenvalue weighted by molar-refractivity contribution is -0.146. The van der Waals surface area contributed by atoms with E-state index < -0.39 is 18.1 Å². The Morgan fingerprint density at radius 2 is 0.977 bits per heavy atom. The summed E-state index contributed by atoms with van der Waals surface area (Å²) in [4.78, 5) is 24.2. The maximum absolute atomic E-state index is 12.5. The van der Waals surface area contributed by atoms with E-state index in [1.54, 1.807) is 0 Å². The van der Waals surface area contributed by atoms with Gasteiger partial charge in [0.25, 0.3) is 0 Å². The van der Waals surface area contributed by atoms with Crippen molar-refractivity contribution in [1.29, 1.82) is 0 Å². The van der Waals surface area contributed by atoms with E-state index in [-0.39, 0.29) is 12.5 Å². The fourth-order valence-corrected chi connectivity index (χ4v) is 5.77. The third kappa shape index (κ3) is 30.4. The molecule has 0 radical (unpaired) electrons. The van der Waals surface area contributed by atoms with E-state index in [0.717, 1.165) is 25.7 Å². The number of aliphatic hydroxyl groups is 1. The number of ether oxygens (including phenoxy) is 1. The number of hydrogen-bond donors (Lipinski definition) is 2. The Bertz CT molecular complexity index is 635. The minimum atomic E-state index is -0.639. The number of aliphatic hydroxyl groups excluding tert-OH is 1. The summed E-state index contributed by atoms with van der Waals surface area (Å²) in [5.41, 5.74) is 0. The van der Waals surface area contributed by atoms with E-state index in [0.29, 0.717) is 6.42 Å². The van der Waals surface area contributed by atoms with Gasteiger partial charge in [0, 0.05) is 13.3 Å². The molecule has 0 aromatic heterocycles. The zero-order valence-electron chi connectivity index (χ0n) is 29.0. The minimum Gasteiger partial charge on any atom is -0.456 e. The highest BCUT2D eigenvalue weighted by Gasteiger charge is 2.23. The van der Waals surface area contributed by atoms with Crippen LogP contribution in [-0.4, -0.2) is 35.7 Å². The number of nitrogens with one attached hydrogen (secondary N) is 1. The summed E-state index contributed by atoms with van der Waals surface area (Å²) >= 11 is 0. The van der Waals surface area contributed by atoms with Crippen molar-refractivity contribution in [2.45, 2.75) is 213 Å². The first-order valence-electron chi connectivity index (χ1n) is 18.8. The van der Waals surface area contributed by atoms with Gasteiger partial charge in [-0.15, -0.1) is 0 Å². The van der Waals surface area contributed by atoms with Crippen LogP contribution in [0, 0.1) is 0 Å². The van der Waals surface area contributed by atoms with E-state index in [4.69, 9.17) is 4.74 Å². The fraction of sp³-hybridized carbons (Fsp3) is 0.895. The molecule has 0 bridgehead atoms. The second-order valence-corrected chi connectivity index (χ2v) is 12.9. The van der Waals surface area contributed by atoms with Crippen molar-refractivity contribution in [2.75, 3.05) is 6.61 Å². The highest BCUT2D eigenvalue weighted by molar-refractivity contribution is 5.76. The summed E-state index contributed by atoms with van der Waals surface area (Å²) in [5, 5.41) is 12.8. The molecule has 0 unspecified atom stereocenters. The van der Waals surface area contributed by atoms with Crippen molar-refractivity contribution in [3.05, 3.63) is 12.2 Å². The molecule has 0 fully saturated rings. The fourth-order valence-electron chi connectivity index (χ4n) is 5.77. The van der Waals surface area contributed by atoms with Crippen LogP contribution in [0.5, 0.6) is 0 Å². The van der Waals surface area contributed by atoms with Gasteiger partial charge in [-0.05, 0) is 25.3 Å². The molecule has 0 saturated heterocycles. The van der Waals surface area contributed by atoms with Crippen LogP contribution in [0.15, 0.2) is 12.2 Å². The molecular formula is C38H73NO4. The molecule has 5 heteroatoms. The number of carbonyl (C=O) groups excluding carboxylic acids is 2. The van der Waals surface area contributed by atoms with E-state index >= 15 is 0 Å². The molecule has 0 heterocycles.